The third-order valence-electron chi connectivity index (χ3n) is 3.33. The highest BCUT2D eigenvalue weighted by Crippen LogP contribution is 2.28. The van der Waals surface area contributed by atoms with Crippen molar-refractivity contribution in [3.05, 3.63) is 28.2 Å². The van der Waals surface area contributed by atoms with E-state index >= 15 is 0 Å². The number of carbonyl (C=O) groups is 1. The lowest BCUT2D eigenvalue weighted by Gasteiger charge is -2.19. The van der Waals surface area contributed by atoms with E-state index in [0.717, 1.165) is 10.9 Å². The van der Waals surface area contributed by atoms with Crippen molar-refractivity contribution in [3.8, 4) is 0 Å². The molecule has 2 unspecified atom stereocenters. The van der Waals surface area contributed by atoms with Crippen LogP contribution in [0.5, 0.6) is 0 Å². The first-order chi connectivity index (χ1) is 8.61. The summed E-state index contributed by atoms with van der Waals surface area (Å²) in [5.74, 6) is -0.0276. The van der Waals surface area contributed by atoms with Crippen LogP contribution in [-0.4, -0.2) is 23.5 Å². The lowest BCUT2D eigenvalue weighted by atomic mass is 10.1. The topological polar surface area (TPSA) is 55.1 Å². The van der Waals surface area contributed by atoms with Gasteiger partial charge in [-0.2, -0.15) is 11.8 Å². The summed E-state index contributed by atoms with van der Waals surface area (Å²) in [5, 5.41) is 3.66. The molecule has 0 spiro atoms. The maximum atomic E-state index is 12.1. The molecule has 1 fully saturated rings. The lowest BCUT2D eigenvalue weighted by Crippen LogP contribution is -2.38. The van der Waals surface area contributed by atoms with E-state index in [1.165, 1.54) is 12.8 Å². The average Bonchev–Trinajstić information content (AvgIpc) is 2.79. The molecule has 18 heavy (non-hydrogen) atoms. The second-order valence-corrected chi connectivity index (χ2v) is 6.45. The van der Waals surface area contributed by atoms with Crippen LogP contribution in [0.1, 0.15) is 29.6 Å². The fourth-order valence-corrected chi connectivity index (χ4v) is 3.49. The molecular formula is C13H17BrN2OS. The minimum Gasteiger partial charge on any atom is -0.398 e. The van der Waals surface area contributed by atoms with Crippen LogP contribution in [0.3, 0.4) is 0 Å². The van der Waals surface area contributed by atoms with Crippen LogP contribution in [0.25, 0.3) is 0 Å². The molecule has 1 aromatic carbocycles. The van der Waals surface area contributed by atoms with Gasteiger partial charge in [0.05, 0.1) is 0 Å². The van der Waals surface area contributed by atoms with Gasteiger partial charge in [0, 0.05) is 27.0 Å². The van der Waals surface area contributed by atoms with Gasteiger partial charge in [0.2, 0.25) is 0 Å². The van der Waals surface area contributed by atoms with E-state index in [9.17, 15) is 4.79 Å². The number of nitrogen functional groups attached to an aromatic ring is 1. The number of hydrogen-bond donors (Lipinski definition) is 2. The number of rotatable bonds is 3. The smallest absolute Gasteiger partial charge is 0.251 e. The van der Waals surface area contributed by atoms with Gasteiger partial charge in [-0.05, 0) is 53.2 Å². The molecule has 0 aromatic heterocycles. The molecular weight excluding hydrogens is 312 g/mol. The molecule has 0 radical (unpaired) electrons. The highest BCUT2D eigenvalue weighted by molar-refractivity contribution is 9.10. The Kier molecular flexibility index (Phi) is 4.56. The third-order valence-corrected chi connectivity index (χ3v) is 5.22. The summed E-state index contributed by atoms with van der Waals surface area (Å²) >= 11 is 5.16. The summed E-state index contributed by atoms with van der Waals surface area (Å²) in [6.45, 7) is 0. The SMILES string of the molecule is CSC1CCCC1NC(=O)c1ccc(Br)c(N)c1. The van der Waals surface area contributed by atoms with E-state index < -0.39 is 0 Å². The predicted octanol–water partition coefficient (Wildman–Crippen LogP) is 3.05. The average molecular weight is 329 g/mol. The quantitative estimate of drug-likeness (QED) is 0.838. The maximum absolute atomic E-state index is 12.1. The fourth-order valence-electron chi connectivity index (χ4n) is 2.31. The van der Waals surface area contributed by atoms with Crippen LogP contribution in [0.15, 0.2) is 22.7 Å². The van der Waals surface area contributed by atoms with Crippen molar-refractivity contribution < 1.29 is 4.79 Å². The second kappa shape index (κ2) is 5.97. The van der Waals surface area contributed by atoms with E-state index in [1.54, 1.807) is 12.1 Å². The van der Waals surface area contributed by atoms with E-state index in [2.05, 4.69) is 27.5 Å². The van der Waals surface area contributed by atoms with Crippen molar-refractivity contribution in [1.82, 2.24) is 5.32 Å². The Labute approximate surface area is 120 Å². The third kappa shape index (κ3) is 3.01. The number of carbonyl (C=O) groups excluding carboxylic acids is 1. The number of nitrogens with two attached hydrogens (primary N) is 1. The molecule has 3 N–H and O–H groups in total. The zero-order valence-corrected chi connectivity index (χ0v) is 12.7. The zero-order valence-electron chi connectivity index (χ0n) is 10.3. The lowest BCUT2D eigenvalue weighted by molar-refractivity contribution is 0.0938. The molecule has 0 saturated heterocycles. The summed E-state index contributed by atoms with van der Waals surface area (Å²) in [4.78, 5) is 12.1. The first-order valence-corrected chi connectivity index (χ1v) is 8.08. The standard InChI is InChI=1S/C13H17BrN2OS/c1-18-12-4-2-3-11(12)16-13(17)8-5-6-9(14)10(15)7-8/h5-7,11-12H,2-4,15H2,1H3,(H,16,17). The molecule has 5 heteroatoms. The van der Waals surface area contributed by atoms with Gasteiger partial charge in [-0.1, -0.05) is 6.42 Å². The fraction of sp³-hybridized carbons (Fsp3) is 0.462. The summed E-state index contributed by atoms with van der Waals surface area (Å²) in [6, 6.07) is 5.60. The van der Waals surface area contributed by atoms with Crippen LogP contribution in [0.4, 0.5) is 5.69 Å². The van der Waals surface area contributed by atoms with Crippen LogP contribution in [0.2, 0.25) is 0 Å². The van der Waals surface area contributed by atoms with Crippen molar-refractivity contribution in [2.45, 2.75) is 30.6 Å². The maximum Gasteiger partial charge on any atom is 0.251 e. The molecule has 1 saturated carbocycles. The number of halogens is 1. The summed E-state index contributed by atoms with van der Waals surface area (Å²) in [7, 11) is 0. The van der Waals surface area contributed by atoms with Crippen LogP contribution < -0.4 is 11.1 Å². The first-order valence-electron chi connectivity index (χ1n) is 6.00. The number of amides is 1. The Hall–Kier alpha value is -0.680. The molecule has 0 heterocycles. The second-order valence-electron chi connectivity index (χ2n) is 4.52. The van der Waals surface area contributed by atoms with Crippen LogP contribution in [-0.2, 0) is 0 Å². The van der Waals surface area contributed by atoms with Gasteiger partial charge in [-0.3, -0.25) is 4.79 Å². The largest absolute Gasteiger partial charge is 0.398 e. The van der Waals surface area contributed by atoms with Gasteiger partial charge in [-0.15, -0.1) is 0 Å². The number of nitrogens with one attached hydrogen (secondary N) is 1. The Balaban J connectivity index is 2.05. The zero-order chi connectivity index (χ0) is 13.1. The normalized spacial score (nSPS) is 23.0. The molecule has 1 aliphatic rings. The molecule has 2 rings (SSSR count). The van der Waals surface area contributed by atoms with Gasteiger partial charge in [0.25, 0.3) is 5.91 Å². The van der Waals surface area contributed by atoms with Crippen molar-refractivity contribution >= 4 is 39.3 Å². The van der Waals surface area contributed by atoms with E-state index in [4.69, 9.17) is 5.73 Å². The van der Waals surface area contributed by atoms with E-state index in [1.807, 2.05) is 17.8 Å². The summed E-state index contributed by atoms with van der Waals surface area (Å²) in [6.07, 6.45) is 5.56. The summed E-state index contributed by atoms with van der Waals surface area (Å²) in [5.41, 5.74) is 7.01. The van der Waals surface area contributed by atoms with Crippen LogP contribution in [0, 0.1) is 0 Å². The number of thioether (sulfide) groups is 1. The predicted molar refractivity (Wildman–Crippen MR) is 81.0 cm³/mol. The van der Waals surface area contributed by atoms with Crippen molar-refractivity contribution in [1.29, 1.82) is 0 Å². The van der Waals surface area contributed by atoms with Crippen molar-refractivity contribution in [2.24, 2.45) is 0 Å². The Morgan fingerprint density at radius 1 is 1.50 bits per heavy atom. The Bertz CT molecular complexity index is 453. The van der Waals surface area contributed by atoms with Gasteiger partial charge in [0.1, 0.15) is 0 Å². The first kappa shape index (κ1) is 13.7. The number of anilines is 1. The highest BCUT2D eigenvalue weighted by atomic mass is 79.9. The molecule has 2 atom stereocenters. The van der Waals surface area contributed by atoms with Gasteiger partial charge < -0.3 is 11.1 Å². The molecule has 3 nitrogen and oxygen atoms in total. The highest BCUT2D eigenvalue weighted by Gasteiger charge is 2.27. The monoisotopic (exact) mass is 328 g/mol. The Morgan fingerprint density at radius 2 is 2.28 bits per heavy atom. The molecule has 1 aliphatic carbocycles. The minimum atomic E-state index is -0.0276. The van der Waals surface area contributed by atoms with E-state index in [0.29, 0.717) is 16.5 Å². The minimum absolute atomic E-state index is 0.0276. The van der Waals surface area contributed by atoms with E-state index in [-0.39, 0.29) is 11.9 Å². The van der Waals surface area contributed by atoms with Crippen molar-refractivity contribution in [2.75, 3.05) is 12.0 Å². The molecule has 0 aliphatic heterocycles. The molecule has 1 amide bonds. The Morgan fingerprint density at radius 3 is 2.94 bits per heavy atom. The molecule has 0 bridgehead atoms. The van der Waals surface area contributed by atoms with Gasteiger partial charge in [0.15, 0.2) is 0 Å². The van der Waals surface area contributed by atoms with Gasteiger partial charge >= 0.3 is 0 Å². The molecule has 98 valence electrons. The number of hydrogen-bond acceptors (Lipinski definition) is 3. The molecule has 1 aromatic rings. The van der Waals surface area contributed by atoms with Crippen molar-refractivity contribution in [3.63, 3.8) is 0 Å². The van der Waals surface area contributed by atoms with Gasteiger partial charge in [-0.25, -0.2) is 0 Å². The van der Waals surface area contributed by atoms with Crippen LogP contribution >= 0.6 is 27.7 Å². The number of benzene rings is 1. The summed E-state index contributed by atoms with van der Waals surface area (Å²) < 4.78 is 0.821.